The van der Waals surface area contributed by atoms with Crippen LogP contribution < -0.4 is 15.4 Å². The Kier molecular flexibility index (Phi) is 3.38. The highest BCUT2D eigenvalue weighted by Gasteiger charge is 2.20. The van der Waals surface area contributed by atoms with Crippen LogP contribution in [-0.4, -0.2) is 45.8 Å². The van der Waals surface area contributed by atoms with Gasteiger partial charge in [-0.15, -0.1) is 5.10 Å². The van der Waals surface area contributed by atoms with Crippen molar-refractivity contribution >= 4 is 17.3 Å². The van der Waals surface area contributed by atoms with E-state index in [9.17, 15) is 4.79 Å². The van der Waals surface area contributed by atoms with Gasteiger partial charge in [-0.3, -0.25) is 9.20 Å². The zero-order valence-electron chi connectivity index (χ0n) is 12.5. The monoisotopic (exact) mass is 308 g/mol. The van der Waals surface area contributed by atoms with Crippen molar-refractivity contribution in [1.29, 1.82) is 0 Å². The van der Waals surface area contributed by atoms with E-state index >= 15 is 0 Å². The van der Waals surface area contributed by atoms with Gasteiger partial charge in [0, 0.05) is 44.6 Å². The van der Waals surface area contributed by atoms with Gasteiger partial charge in [-0.05, 0) is 24.3 Å². The molecule has 0 radical (unpaired) electrons. The minimum Gasteiger partial charge on any atom is -0.353 e. The van der Waals surface area contributed by atoms with Crippen molar-refractivity contribution in [3.63, 3.8) is 0 Å². The molecule has 3 aromatic heterocycles. The third kappa shape index (κ3) is 2.61. The van der Waals surface area contributed by atoms with Crippen LogP contribution >= 0.6 is 0 Å². The third-order valence-corrected chi connectivity index (χ3v) is 4.04. The van der Waals surface area contributed by atoms with Gasteiger partial charge in [0.2, 0.25) is 0 Å². The summed E-state index contributed by atoms with van der Waals surface area (Å²) in [7, 11) is 0. The van der Waals surface area contributed by atoms with Crippen molar-refractivity contribution in [1.82, 2.24) is 19.6 Å². The lowest BCUT2D eigenvalue weighted by atomic mass is 10.3. The molecule has 23 heavy (non-hydrogen) atoms. The van der Waals surface area contributed by atoms with Crippen molar-refractivity contribution in [2.45, 2.75) is 0 Å². The molecule has 1 aliphatic rings. The molecular weight excluding hydrogens is 292 g/mol. The van der Waals surface area contributed by atoms with E-state index in [1.165, 1.54) is 0 Å². The first-order chi connectivity index (χ1) is 11.3. The molecule has 4 heterocycles. The molecule has 0 saturated carbocycles. The maximum Gasteiger partial charge on any atom is 0.259 e. The summed E-state index contributed by atoms with van der Waals surface area (Å²) in [6.45, 7) is 3.25. The molecule has 1 aliphatic heterocycles. The Morgan fingerprint density at radius 2 is 1.70 bits per heavy atom. The molecule has 0 aromatic carbocycles. The van der Waals surface area contributed by atoms with E-state index in [0.717, 1.165) is 37.8 Å². The van der Waals surface area contributed by atoms with Gasteiger partial charge in [0.1, 0.15) is 11.5 Å². The van der Waals surface area contributed by atoms with E-state index in [1.54, 1.807) is 22.9 Å². The second kappa shape index (κ2) is 5.68. The van der Waals surface area contributed by atoms with Crippen LogP contribution in [-0.2, 0) is 0 Å². The van der Waals surface area contributed by atoms with Crippen LogP contribution in [0, 0.1) is 0 Å². The lowest BCUT2D eigenvalue weighted by Crippen LogP contribution is -2.47. The number of anilines is 2. The Balaban J connectivity index is 1.56. The summed E-state index contributed by atoms with van der Waals surface area (Å²) in [5, 5.41) is 8.06. The molecule has 7 heteroatoms. The minimum absolute atomic E-state index is 0.0537. The van der Waals surface area contributed by atoms with Gasteiger partial charge >= 0.3 is 0 Å². The molecular formula is C16H16N6O. The smallest absolute Gasteiger partial charge is 0.259 e. The lowest BCUT2D eigenvalue weighted by molar-refractivity contribution is 0.637. The number of aromatic nitrogens is 4. The maximum absolute atomic E-state index is 12.2. The molecule has 116 valence electrons. The van der Waals surface area contributed by atoms with Gasteiger partial charge in [0.05, 0.1) is 0 Å². The van der Waals surface area contributed by atoms with Crippen LogP contribution in [0.1, 0.15) is 0 Å². The highest BCUT2D eigenvalue weighted by atomic mass is 16.1. The lowest BCUT2D eigenvalue weighted by Gasteiger charge is -2.35. The van der Waals surface area contributed by atoms with Crippen molar-refractivity contribution in [3.05, 3.63) is 59.1 Å². The predicted octanol–water partition coefficient (Wildman–Crippen LogP) is 0.811. The van der Waals surface area contributed by atoms with Gasteiger partial charge in [-0.25, -0.2) is 4.98 Å². The zero-order valence-corrected chi connectivity index (χ0v) is 12.5. The molecule has 0 amide bonds. The number of hydrogen-bond acceptors (Lipinski definition) is 6. The summed E-state index contributed by atoms with van der Waals surface area (Å²) in [4.78, 5) is 21.1. The molecule has 4 rings (SSSR count). The van der Waals surface area contributed by atoms with E-state index in [-0.39, 0.29) is 5.56 Å². The van der Waals surface area contributed by atoms with Crippen LogP contribution in [0.15, 0.2) is 53.6 Å². The molecule has 0 atom stereocenters. The first-order valence-electron chi connectivity index (χ1n) is 7.57. The fourth-order valence-electron chi connectivity index (χ4n) is 2.83. The summed E-state index contributed by atoms with van der Waals surface area (Å²) in [6.07, 6.45) is 3.41. The van der Waals surface area contributed by atoms with E-state index in [2.05, 4.69) is 25.0 Å². The van der Waals surface area contributed by atoms with Crippen LogP contribution in [0.5, 0.6) is 0 Å². The summed E-state index contributed by atoms with van der Waals surface area (Å²) >= 11 is 0. The van der Waals surface area contributed by atoms with Gasteiger partial charge in [-0.1, -0.05) is 6.07 Å². The number of fused-ring (bicyclic) bond motifs is 1. The Morgan fingerprint density at radius 1 is 0.913 bits per heavy atom. The maximum atomic E-state index is 12.2. The summed E-state index contributed by atoms with van der Waals surface area (Å²) < 4.78 is 1.55. The van der Waals surface area contributed by atoms with Crippen molar-refractivity contribution in [2.75, 3.05) is 36.0 Å². The van der Waals surface area contributed by atoms with E-state index in [1.807, 2.05) is 30.3 Å². The number of pyridine rings is 1. The van der Waals surface area contributed by atoms with Gasteiger partial charge in [-0.2, -0.15) is 5.10 Å². The molecule has 0 bridgehead atoms. The first kappa shape index (κ1) is 13.7. The Hall–Kier alpha value is -2.96. The minimum atomic E-state index is -0.0537. The fraction of sp³-hybridized carbons (Fsp3) is 0.250. The van der Waals surface area contributed by atoms with Gasteiger partial charge in [0.15, 0.2) is 5.82 Å². The average Bonchev–Trinajstić information content (AvgIpc) is 2.63. The fourth-order valence-corrected chi connectivity index (χ4v) is 2.83. The summed E-state index contributed by atoms with van der Waals surface area (Å²) in [5.74, 6) is 1.62. The van der Waals surface area contributed by atoms with E-state index in [4.69, 9.17) is 0 Å². The second-order valence-electron chi connectivity index (χ2n) is 5.44. The topological polar surface area (TPSA) is 66.6 Å². The third-order valence-electron chi connectivity index (χ3n) is 4.04. The zero-order chi connectivity index (χ0) is 15.6. The van der Waals surface area contributed by atoms with Gasteiger partial charge < -0.3 is 9.80 Å². The number of piperazine rings is 1. The molecule has 1 saturated heterocycles. The van der Waals surface area contributed by atoms with Crippen molar-refractivity contribution in [3.8, 4) is 0 Å². The number of rotatable bonds is 2. The SMILES string of the molecule is O=c1cc(N2CCN(c3cccnn3)CC2)nc2ccccn12. The highest BCUT2D eigenvalue weighted by molar-refractivity contribution is 5.49. The highest BCUT2D eigenvalue weighted by Crippen LogP contribution is 2.16. The average molecular weight is 308 g/mol. The van der Waals surface area contributed by atoms with Crippen molar-refractivity contribution < 1.29 is 0 Å². The molecule has 0 N–H and O–H groups in total. The van der Waals surface area contributed by atoms with E-state index < -0.39 is 0 Å². The van der Waals surface area contributed by atoms with Crippen LogP contribution in [0.3, 0.4) is 0 Å². The van der Waals surface area contributed by atoms with Crippen molar-refractivity contribution in [2.24, 2.45) is 0 Å². The van der Waals surface area contributed by atoms with Crippen LogP contribution in [0.2, 0.25) is 0 Å². The molecule has 0 unspecified atom stereocenters. The number of nitrogens with zero attached hydrogens (tertiary/aromatic N) is 6. The molecule has 7 nitrogen and oxygen atoms in total. The second-order valence-corrected chi connectivity index (χ2v) is 5.44. The van der Waals surface area contributed by atoms with Crippen LogP contribution in [0.4, 0.5) is 11.6 Å². The molecule has 1 fully saturated rings. The standard InChI is InChI=1S/C16H16N6O/c23-16-12-15(18-13-4-1-2-7-22(13)16)21-10-8-20(9-11-21)14-5-3-6-17-19-14/h1-7,12H,8-11H2. The summed E-state index contributed by atoms with van der Waals surface area (Å²) in [6, 6.07) is 11.0. The normalized spacial score (nSPS) is 15.1. The quantitative estimate of drug-likeness (QED) is 0.698. The molecule has 0 aliphatic carbocycles. The number of hydrogen-bond donors (Lipinski definition) is 0. The van der Waals surface area contributed by atoms with Gasteiger partial charge in [0.25, 0.3) is 5.56 Å². The van der Waals surface area contributed by atoms with Crippen LogP contribution in [0.25, 0.3) is 5.65 Å². The Bertz CT molecular complexity index is 870. The van der Waals surface area contributed by atoms with E-state index in [0.29, 0.717) is 5.65 Å². The molecule has 3 aromatic rings. The first-order valence-corrected chi connectivity index (χ1v) is 7.57. The molecule has 0 spiro atoms. The predicted molar refractivity (Wildman–Crippen MR) is 87.9 cm³/mol. The Labute approximate surface area is 132 Å². The Morgan fingerprint density at radius 3 is 2.43 bits per heavy atom. The summed E-state index contributed by atoms with van der Waals surface area (Å²) in [5.41, 5.74) is 0.619. The largest absolute Gasteiger partial charge is 0.353 e.